The van der Waals surface area contributed by atoms with Crippen LogP contribution in [-0.4, -0.2) is 20.9 Å². The van der Waals surface area contributed by atoms with E-state index in [1.807, 2.05) is 30.3 Å². The summed E-state index contributed by atoms with van der Waals surface area (Å²) in [7, 11) is -3.67. The van der Waals surface area contributed by atoms with Crippen LogP contribution in [0.25, 0.3) is 0 Å². The lowest BCUT2D eigenvalue weighted by Gasteiger charge is -2.10. The number of benzene rings is 3. The number of hydrogen-bond donors (Lipinski definition) is 2. The highest BCUT2D eigenvalue weighted by atomic mass is 35.5. The Morgan fingerprint density at radius 1 is 0.933 bits per heavy atom. The molecule has 0 heterocycles. The van der Waals surface area contributed by atoms with Crippen molar-refractivity contribution in [2.24, 2.45) is 0 Å². The smallest absolute Gasteiger partial charge is 0.262 e. The fraction of sp³-hybridized carbons (Fsp3) is 0.0952. The molecule has 0 fully saturated rings. The number of rotatable bonds is 8. The second-order valence-electron chi connectivity index (χ2n) is 6.25. The Kier molecular flexibility index (Phi) is 7.33. The van der Waals surface area contributed by atoms with Crippen molar-refractivity contribution < 1.29 is 17.9 Å². The van der Waals surface area contributed by atoms with Gasteiger partial charge in [0.05, 0.1) is 9.92 Å². The summed E-state index contributed by atoms with van der Waals surface area (Å²) in [6.45, 7) is -0.0771. The Labute approximate surface area is 184 Å². The van der Waals surface area contributed by atoms with Gasteiger partial charge in [-0.3, -0.25) is 4.79 Å². The largest absolute Gasteiger partial charge is 0.482 e. The molecule has 0 saturated heterocycles. The van der Waals surface area contributed by atoms with Crippen molar-refractivity contribution >= 4 is 44.8 Å². The van der Waals surface area contributed by atoms with Crippen molar-refractivity contribution in [2.45, 2.75) is 11.4 Å². The molecule has 0 saturated carbocycles. The molecule has 3 aromatic rings. The van der Waals surface area contributed by atoms with Crippen molar-refractivity contribution in [3.8, 4) is 5.75 Å². The average Bonchev–Trinajstić information content (AvgIpc) is 2.73. The van der Waals surface area contributed by atoms with E-state index in [1.54, 1.807) is 12.1 Å². The number of nitrogens with one attached hydrogen (secondary N) is 2. The zero-order valence-electron chi connectivity index (χ0n) is 15.6. The predicted octanol–water partition coefficient (Wildman–Crippen LogP) is 4.49. The second kappa shape index (κ2) is 9.95. The minimum Gasteiger partial charge on any atom is -0.482 e. The first kappa shape index (κ1) is 22.1. The van der Waals surface area contributed by atoms with Crippen LogP contribution in [0.2, 0.25) is 10.0 Å². The van der Waals surface area contributed by atoms with Crippen molar-refractivity contribution in [1.82, 2.24) is 4.72 Å². The minimum atomic E-state index is -3.67. The van der Waals surface area contributed by atoms with E-state index >= 15 is 0 Å². The Hall–Kier alpha value is -2.58. The molecule has 0 aliphatic carbocycles. The summed E-state index contributed by atoms with van der Waals surface area (Å²) < 4.78 is 32.7. The summed E-state index contributed by atoms with van der Waals surface area (Å²) in [4.78, 5) is 12.2. The number of carbonyl (C=O) groups is 1. The quantitative estimate of drug-likeness (QED) is 0.514. The Morgan fingerprint density at radius 2 is 1.63 bits per heavy atom. The van der Waals surface area contributed by atoms with E-state index in [9.17, 15) is 13.2 Å². The molecule has 0 atom stereocenters. The lowest BCUT2D eigenvalue weighted by Crippen LogP contribution is -2.23. The lowest BCUT2D eigenvalue weighted by atomic mass is 10.2. The van der Waals surface area contributed by atoms with Gasteiger partial charge in [-0.1, -0.05) is 53.5 Å². The van der Waals surface area contributed by atoms with Gasteiger partial charge in [0.25, 0.3) is 5.91 Å². The van der Waals surface area contributed by atoms with Gasteiger partial charge in [0, 0.05) is 17.3 Å². The van der Waals surface area contributed by atoms with Crippen molar-refractivity contribution in [3.05, 3.63) is 88.4 Å². The van der Waals surface area contributed by atoms with Gasteiger partial charge in [-0.15, -0.1) is 0 Å². The lowest BCUT2D eigenvalue weighted by molar-refractivity contribution is -0.118. The number of hydrogen-bond acceptors (Lipinski definition) is 4. The van der Waals surface area contributed by atoms with Gasteiger partial charge in [-0.05, 0) is 48.0 Å². The summed E-state index contributed by atoms with van der Waals surface area (Å²) in [6.07, 6.45) is 0. The zero-order valence-corrected chi connectivity index (χ0v) is 18.0. The predicted molar refractivity (Wildman–Crippen MR) is 117 cm³/mol. The average molecular weight is 465 g/mol. The minimum absolute atomic E-state index is 0.0978. The molecule has 0 radical (unpaired) electrons. The molecule has 30 heavy (non-hydrogen) atoms. The Balaban J connectivity index is 1.55. The molecule has 0 aliphatic heterocycles. The van der Waals surface area contributed by atoms with Crippen LogP contribution in [0.4, 0.5) is 5.69 Å². The van der Waals surface area contributed by atoms with E-state index in [0.717, 1.165) is 5.56 Å². The van der Waals surface area contributed by atoms with Crippen LogP contribution in [0.3, 0.4) is 0 Å². The Bertz CT molecular complexity index is 1120. The molecule has 0 bridgehead atoms. The topological polar surface area (TPSA) is 84.5 Å². The van der Waals surface area contributed by atoms with Gasteiger partial charge >= 0.3 is 0 Å². The van der Waals surface area contributed by atoms with Crippen LogP contribution < -0.4 is 14.8 Å². The van der Waals surface area contributed by atoms with Gasteiger partial charge in [-0.2, -0.15) is 0 Å². The number of anilines is 1. The third kappa shape index (κ3) is 6.21. The first-order valence-corrected chi connectivity index (χ1v) is 11.1. The molecule has 0 aliphatic rings. The van der Waals surface area contributed by atoms with Crippen molar-refractivity contribution in [1.29, 1.82) is 0 Å². The number of ether oxygens (including phenoxy) is 1. The maximum atomic E-state index is 12.4. The fourth-order valence-corrected chi connectivity index (χ4v) is 3.99. The van der Waals surface area contributed by atoms with Crippen LogP contribution >= 0.6 is 23.2 Å². The summed E-state index contributed by atoms with van der Waals surface area (Å²) in [6, 6.07) is 19.7. The second-order valence-corrected chi connectivity index (χ2v) is 8.86. The van der Waals surface area contributed by atoms with E-state index in [4.69, 9.17) is 27.9 Å². The molecule has 0 aromatic heterocycles. The van der Waals surface area contributed by atoms with E-state index in [2.05, 4.69) is 10.0 Å². The summed E-state index contributed by atoms with van der Waals surface area (Å²) >= 11 is 11.8. The third-order valence-electron chi connectivity index (χ3n) is 4.01. The van der Waals surface area contributed by atoms with E-state index in [0.29, 0.717) is 21.5 Å². The first-order chi connectivity index (χ1) is 14.3. The summed E-state index contributed by atoms with van der Waals surface area (Å²) in [5.41, 5.74) is 1.29. The van der Waals surface area contributed by atoms with Crippen LogP contribution in [0.5, 0.6) is 5.75 Å². The van der Waals surface area contributed by atoms with E-state index < -0.39 is 15.9 Å². The summed E-state index contributed by atoms with van der Waals surface area (Å²) in [5, 5.41) is 3.39. The molecule has 6 nitrogen and oxygen atoms in total. The van der Waals surface area contributed by atoms with Crippen LogP contribution in [0, 0.1) is 0 Å². The maximum absolute atomic E-state index is 12.4. The van der Waals surface area contributed by atoms with Crippen molar-refractivity contribution in [3.63, 3.8) is 0 Å². The molecule has 3 rings (SSSR count). The van der Waals surface area contributed by atoms with Gasteiger partial charge < -0.3 is 10.1 Å². The molecule has 0 spiro atoms. The normalized spacial score (nSPS) is 11.1. The zero-order chi connectivity index (χ0) is 21.6. The molecule has 0 unspecified atom stereocenters. The highest BCUT2D eigenvalue weighted by Crippen LogP contribution is 2.27. The van der Waals surface area contributed by atoms with E-state index in [1.165, 1.54) is 30.3 Å². The number of amides is 1. The van der Waals surface area contributed by atoms with Gasteiger partial charge in [0.15, 0.2) is 6.61 Å². The monoisotopic (exact) mass is 464 g/mol. The molecular weight excluding hydrogens is 447 g/mol. The van der Waals surface area contributed by atoms with Crippen molar-refractivity contribution in [2.75, 3.05) is 11.9 Å². The van der Waals surface area contributed by atoms with Crippen LogP contribution in [0.15, 0.2) is 77.7 Å². The summed E-state index contributed by atoms with van der Waals surface area (Å²) in [5.74, 6) is -0.0824. The highest BCUT2D eigenvalue weighted by Gasteiger charge is 2.14. The van der Waals surface area contributed by atoms with Gasteiger partial charge in [0.2, 0.25) is 10.0 Å². The number of sulfonamides is 1. The SMILES string of the molecule is O=C(COc1ccc(Cl)cc1Cl)Nc1ccc(S(=O)(=O)NCc2ccccc2)cc1. The van der Waals surface area contributed by atoms with E-state index in [-0.39, 0.29) is 18.0 Å². The molecule has 3 aromatic carbocycles. The third-order valence-corrected chi connectivity index (χ3v) is 5.96. The standard InChI is InChI=1S/C21H18Cl2N2O4S/c22-16-6-11-20(19(23)12-16)29-14-21(26)25-17-7-9-18(10-8-17)30(27,28)24-13-15-4-2-1-3-5-15/h1-12,24H,13-14H2,(H,25,26). The molecule has 156 valence electrons. The van der Waals surface area contributed by atoms with Gasteiger partial charge in [0.1, 0.15) is 5.75 Å². The molecule has 1 amide bonds. The fourth-order valence-electron chi connectivity index (χ4n) is 2.51. The van der Waals surface area contributed by atoms with Crippen LogP contribution in [0.1, 0.15) is 5.56 Å². The number of halogens is 2. The maximum Gasteiger partial charge on any atom is 0.262 e. The van der Waals surface area contributed by atoms with Crippen LogP contribution in [-0.2, 0) is 21.4 Å². The van der Waals surface area contributed by atoms with Gasteiger partial charge in [-0.25, -0.2) is 13.1 Å². The molecule has 9 heteroatoms. The molecule has 2 N–H and O–H groups in total. The molecular formula is C21H18Cl2N2O4S. The first-order valence-electron chi connectivity index (χ1n) is 8.85. The number of carbonyl (C=O) groups excluding carboxylic acids is 1. The highest BCUT2D eigenvalue weighted by molar-refractivity contribution is 7.89. The Morgan fingerprint density at radius 3 is 2.30 bits per heavy atom.